The van der Waals surface area contributed by atoms with Crippen molar-refractivity contribution in [3.05, 3.63) is 54.6 Å². The van der Waals surface area contributed by atoms with Crippen molar-refractivity contribution < 1.29 is 14.6 Å². The largest absolute Gasteiger partial charge is 0.478 e. The van der Waals surface area contributed by atoms with Crippen LogP contribution in [-0.4, -0.2) is 38.3 Å². The predicted molar refractivity (Wildman–Crippen MR) is 93.3 cm³/mol. The van der Waals surface area contributed by atoms with Gasteiger partial charge in [0.05, 0.1) is 30.6 Å². The molecule has 0 aliphatic rings. The third kappa shape index (κ3) is 3.95. The van der Waals surface area contributed by atoms with E-state index in [4.69, 9.17) is 10.5 Å². The van der Waals surface area contributed by atoms with Gasteiger partial charge in [-0.25, -0.2) is 9.97 Å². The molecule has 1 aromatic carbocycles. The molecule has 0 unspecified atom stereocenters. The van der Waals surface area contributed by atoms with Crippen LogP contribution in [0.25, 0.3) is 10.9 Å². The number of carbonyl (C=O) groups excluding carboxylic acids is 1. The van der Waals surface area contributed by atoms with E-state index in [1.165, 1.54) is 12.5 Å². The molecule has 0 saturated heterocycles. The fourth-order valence-electron chi connectivity index (χ4n) is 2.70. The summed E-state index contributed by atoms with van der Waals surface area (Å²) in [5.74, 6) is -0.0637. The third-order valence-electron chi connectivity index (χ3n) is 4.03. The maximum Gasteiger partial charge on any atom is 0.268 e. The smallest absolute Gasteiger partial charge is 0.268 e. The molecule has 0 bridgehead atoms. The van der Waals surface area contributed by atoms with Crippen LogP contribution in [0.3, 0.4) is 0 Å². The summed E-state index contributed by atoms with van der Waals surface area (Å²) in [6.45, 7) is 2.05. The van der Waals surface area contributed by atoms with Gasteiger partial charge in [0.15, 0.2) is 0 Å². The van der Waals surface area contributed by atoms with Crippen LogP contribution in [0.15, 0.2) is 48.9 Å². The van der Waals surface area contributed by atoms with Gasteiger partial charge in [-0.05, 0) is 19.1 Å². The van der Waals surface area contributed by atoms with Crippen molar-refractivity contribution in [2.75, 3.05) is 6.61 Å². The lowest BCUT2D eigenvalue weighted by atomic mass is 10.1. The fourth-order valence-corrected chi connectivity index (χ4v) is 2.70. The van der Waals surface area contributed by atoms with E-state index in [1.54, 1.807) is 11.5 Å². The summed E-state index contributed by atoms with van der Waals surface area (Å²) < 4.78 is 7.41. The van der Waals surface area contributed by atoms with Gasteiger partial charge in [0, 0.05) is 24.1 Å². The lowest BCUT2D eigenvalue weighted by molar-refractivity contribution is 0.0993. The lowest BCUT2D eigenvalue weighted by Crippen LogP contribution is -2.23. The molecule has 0 saturated carbocycles. The maximum absolute atomic E-state index is 11.2. The number of pyridine rings is 1. The predicted octanol–water partition coefficient (Wildman–Crippen LogP) is 1.92. The van der Waals surface area contributed by atoms with Crippen LogP contribution in [0.4, 0.5) is 0 Å². The third-order valence-corrected chi connectivity index (χ3v) is 4.03. The Labute approximate surface area is 145 Å². The molecule has 7 heteroatoms. The number of aromatic nitrogens is 3. The second kappa shape index (κ2) is 7.31. The number of amides is 1. The van der Waals surface area contributed by atoms with Crippen molar-refractivity contribution in [2.45, 2.75) is 25.5 Å². The van der Waals surface area contributed by atoms with E-state index in [0.717, 1.165) is 10.9 Å². The number of hydrogen-bond acceptors (Lipinski definition) is 5. The Morgan fingerprint density at radius 3 is 2.84 bits per heavy atom. The Morgan fingerprint density at radius 2 is 2.12 bits per heavy atom. The number of nitrogens with zero attached hydrogens (tertiary/aromatic N) is 3. The maximum atomic E-state index is 11.2. The minimum absolute atomic E-state index is 0.169. The first-order valence-corrected chi connectivity index (χ1v) is 8.04. The van der Waals surface area contributed by atoms with Crippen LogP contribution in [-0.2, 0) is 0 Å². The molecule has 130 valence electrons. The van der Waals surface area contributed by atoms with Gasteiger partial charge < -0.3 is 20.1 Å². The highest BCUT2D eigenvalue weighted by Crippen LogP contribution is 2.20. The molecule has 2 heterocycles. The van der Waals surface area contributed by atoms with E-state index in [9.17, 15) is 9.90 Å². The minimum Gasteiger partial charge on any atom is -0.478 e. The van der Waals surface area contributed by atoms with Crippen LogP contribution < -0.4 is 10.5 Å². The zero-order valence-electron chi connectivity index (χ0n) is 13.9. The Hall–Kier alpha value is -2.93. The summed E-state index contributed by atoms with van der Waals surface area (Å²) in [4.78, 5) is 19.6. The first-order valence-electron chi connectivity index (χ1n) is 8.04. The topological polar surface area (TPSA) is 103 Å². The molecule has 0 aliphatic heterocycles. The van der Waals surface area contributed by atoms with E-state index < -0.39 is 12.0 Å². The van der Waals surface area contributed by atoms with Crippen molar-refractivity contribution >= 4 is 16.8 Å². The number of aliphatic hydroxyl groups excluding tert-OH is 1. The number of rotatable bonds is 7. The Kier molecular flexibility index (Phi) is 4.95. The fraction of sp³-hybridized carbons (Fsp3) is 0.278. The van der Waals surface area contributed by atoms with Gasteiger partial charge in [0.25, 0.3) is 5.91 Å². The Morgan fingerprint density at radius 1 is 1.32 bits per heavy atom. The molecule has 1 amide bonds. The van der Waals surface area contributed by atoms with Crippen molar-refractivity contribution in [3.8, 4) is 5.88 Å². The molecule has 0 fully saturated rings. The highest BCUT2D eigenvalue weighted by molar-refractivity contribution is 5.90. The number of para-hydroxylation sites is 1. The van der Waals surface area contributed by atoms with Gasteiger partial charge in [-0.3, -0.25) is 4.79 Å². The molecule has 25 heavy (non-hydrogen) atoms. The highest BCUT2D eigenvalue weighted by atomic mass is 16.5. The van der Waals surface area contributed by atoms with Crippen LogP contribution in [0.2, 0.25) is 0 Å². The number of imidazole rings is 1. The molecule has 3 aromatic rings. The van der Waals surface area contributed by atoms with Gasteiger partial charge in [-0.2, -0.15) is 0 Å². The summed E-state index contributed by atoms with van der Waals surface area (Å²) >= 11 is 0. The van der Waals surface area contributed by atoms with E-state index in [-0.39, 0.29) is 11.7 Å². The van der Waals surface area contributed by atoms with Crippen LogP contribution >= 0.6 is 0 Å². The number of benzene rings is 1. The average Bonchev–Trinajstić information content (AvgIpc) is 3.08. The van der Waals surface area contributed by atoms with Gasteiger partial charge >= 0.3 is 0 Å². The van der Waals surface area contributed by atoms with E-state index in [0.29, 0.717) is 18.9 Å². The Bertz CT molecular complexity index is 875. The number of aliphatic hydroxyl groups is 1. The molecule has 7 nitrogen and oxygen atoms in total. The molecule has 0 aliphatic carbocycles. The minimum atomic E-state index is -0.636. The van der Waals surface area contributed by atoms with Crippen molar-refractivity contribution in [2.24, 2.45) is 5.73 Å². The van der Waals surface area contributed by atoms with Crippen LogP contribution in [0, 0.1) is 0 Å². The second-order valence-corrected chi connectivity index (χ2v) is 5.86. The second-order valence-electron chi connectivity index (χ2n) is 5.86. The normalized spacial score (nSPS) is 13.5. The van der Waals surface area contributed by atoms with Crippen molar-refractivity contribution in [3.63, 3.8) is 0 Å². The number of hydrogen-bond donors (Lipinski definition) is 2. The molecule has 0 radical (unpaired) electrons. The first kappa shape index (κ1) is 16.9. The molecule has 0 spiro atoms. The number of nitrogens with two attached hydrogens (primary N) is 1. The van der Waals surface area contributed by atoms with Gasteiger partial charge in [-0.15, -0.1) is 0 Å². The molecule has 2 atom stereocenters. The summed E-state index contributed by atoms with van der Waals surface area (Å²) in [7, 11) is 0. The van der Waals surface area contributed by atoms with E-state index in [1.807, 2.05) is 36.4 Å². The highest BCUT2D eigenvalue weighted by Gasteiger charge is 2.19. The van der Waals surface area contributed by atoms with Crippen LogP contribution in [0.5, 0.6) is 5.88 Å². The van der Waals surface area contributed by atoms with E-state index >= 15 is 0 Å². The summed E-state index contributed by atoms with van der Waals surface area (Å²) in [5.41, 5.74) is 6.25. The van der Waals surface area contributed by atoms with Crippen molar-refractivity contribution in [1.29, 1.82) is 0 Å². The lowest BCUT2D eigenvalue weighted by Gasteiger charge is -2.21. The zero-order valence-corrected chi connectivity index (χ0v) is 13.9. The number of primary amides is 1. The zero-order chi connectivity index (χ0) is 17.8. The average molecular weight is 340 g/mol. The monoisotopic (exact) mass is 340 g/mol. The molecular formula is C18H20N4O3. The molecule has 3 N–H and O–H groups in total. The molecule has 2 aromatic heterocycles. The molecular weight excluding hydrogens is 320 g/mol. The van der Waals surface area contributed by atoms with Crippen molar-refractivity contribution in [1.82, 2.24) is 14.5 Å². The van der Waals surface area contributed by atoms with Gasteiger partial charge in [0.2, 0.25) is 5.88 Å². The van der Waals surface area contributed by atoms with Gasteiger partial charge in [0.1, 0.15) is 5.69 Å². The quantitative estimate of drug-likeness (QED) is 0.684. The number of carbonyl (C=O) groups is 1. The number of fused-ring (bicyclic) bond motifs is 1. The van der Waals surface area contributed by atoms with E-state index in [2.05, 4.69) is 9.97 Å². The number of ether oxygens (including phenoxy) is 1. The van der Waals surface area contributed by atoms with Gasteiger partial charge in [-0.1, -0.05) is 18.2 Å². The van der Waals surface area contributed by atoms with Crippen LogP contribution in [0.1, 0.15) is 29.9 Å². The SMILES string of the molecule is C[C@H](O)[C@@H](CCOc1ccc2ccccc2n1)n1cnc(C(N)=O)c1. The molecule has 3 rings (SSSR count). The summed E-state index contributed by atoms with van der Waals surface area (Å²) in [6.07, 6.45) is 2.92. The first-order chi connectivity index (χ1) is 12.0. The summed E-state index contributed by atoms with van der Waals surface area (Å²) in [6, 6.07) is 11.3. The standard InChI is InChI=1S/C18H20N4O3/c1-12(23)16(22-10-15(18(19)24)20-11-22)8-9-25-17-7-6-13-4-2-3-5-14(13)21-17/h2-7,10-12,16,23H,8-9H2,1H3,(H2,19,24)/t12-,16+/m0/s1. The summed E-state index contributed by atoms with van der Waals surface area (Å²) in [5, 5.41) is 11.1. The Balaban J connectivity index is 1.65.